The van der Waals surface area contributed by atoms with E-state index < -0.39 is 0 Å². The Kier molecular flexibility index (Phi) is 7.08. The molecule has 172 valence electrons. The molecule has 0 saturated heterocycles. The molecule has 0 bridgehead atoms. The first kappa shape index (κ1) is 23.0. The van der Waals surface area contributed by atoms with Crippen LogP contribution in [0.5, 0.6) is 0 Å². The molecule has 2 N–H and O–H groups in total. The number of carbonyl (C=O) groups is 1. The molecule has 1 aliphatic carbocycles. The molecular weight excluding hydrogens is 441 g/mol. The smallest absolute Gasteiger partial charge is 0.225 e. The molecule has 0 spiro atoms. The molecule has 0 aliphatic heterocycles. The SMILES string of the molecule is CN(C)C(=O)[C@H]1CC[C@@H](Nc2cc(-c3cccc(NCc4cccc(F)c4)n3)c(Cl)cn2)C1. The average molecular weight is 468 g/mol. The Bertz CT molecular complexity index is 1140. The van der Waals surface area contributed by atoms with Gasteiger partial charge in [0.05, 0.1) is 10.7 Å². The van der Waals surface area contributed by atoms with Gasteiger partial charge in [-0.1, -0.05) is 29.8 Å². The Morgan fingerprint density at radius 3 is 2.76 bits per heavy atom. The molecule has 1 aliphatic rings. The van der Waals surface area contributed by atoms with Crippen LogP contribution in [0.3, 0.4) is 0 Å². The number of aromatic nitrogens is 2. The van der Waals surface area contributed by atoms with E-state index in [0.29, 0.717) is 28.9 Å². The van der Waals surface area contributed by atoms with Crippen molar-refractivity contribution in [3.8, 4) is 11.3 Å². The van der Waals surface area contributed by atoms with E-state index in [1.807, 2.05) is 30.3 Å². The predicted molar refractivity (Wildman–Crippen MR) is 130 cm³/mol. The lowest BCUT2D eigenvalue weighted by molar-refractivity contribution is -0.132. The Morgan fingerprint density at radius 2 is 1.97 bits per heavy atom. The summed E-state index contributed by atoms with van der Waals surface area (Å²) in [5, 5.41) is 7.18. The molecular formula is C25H27ClFN5O. The van der Waals surface area contributed by atoms with Crippen molar-refractivity contribution in [1.82, 2.24) is 14.9 Å². The highest BCUT2D eigenvalue weighted by Gasteiger charge is 2.31. The summed E-state index contributed by atoms with van der Waals surface area (Å²) < 4.78 is 13.4. The summed E-state index contributed by atoms with van der Waals surface area (Å²) >= 11 is 6.45. The van der Waals surface area contributed by atoms with Gasteiger partial charge in [0, 0.05) is 44.4 Å². The van der Waals surface area contributed by atoms with Gasteiger partial charge in [-0.3, -0.25) is 4.79 Å². The van der Waals surface area contributed by atoms with E-state index in [1.54, 1.807) is 31.3 Å². The molecule has 1 aromatic carbocycles. The predicted octanol–water partition coefficient (Wildman–Crippen LogP) is 5.22. The molecule has 0 unspecified atom stereocenters. The highest BCUT2D eigenvalue weighted by Crippen LogP contribution is 2.32. The van der Waals surface area contributed by atoms with E-state index in [0.717, 1.165) is 30.4 Å². The molecule has 8 heteroatoms. The summed E-state index contributed by atoms with van der Waals surface area (Å²) in [5.41, 5.74) is 2.31. The van der Waals surface area contributed by atoms with Crippen molar-refractivity contribution < 1.29 is 9.18 Å². The molecule has 6 nitrogen and oxygen atoms in total. The van der Waals surface area contributed by atoms with Crippen LogP contribution in [0.25, 0.3) is 11.3 Å². The van der Waals surface area contributed by atoms with E-state index in [-0.39, 0.29) is 23.7 Å². The average Bonchev–Trinajstić information content (AvgIpc) is 3.27. The fraction of sp³-hybridized carbons (Fsp3) is 0.320. The quantitative estimate of drug-likeness (QED) is 0.498. The maximum absolute atomic E-state index is 13.4. The number of anilines is 2. The van der Waals surface area contributed by atoms with Crippen molar-refractivity contribution in [3.63, 3.8) is 0 Å². The Labute approximate surface area is 198 Å². The molecule has 33 heavy (non-hydrogen) atoms. The Morgan fingerprint density at radius 1 is 1.15 bits per heavy atom. The molecule has 1 saturated carbocycles. The van der Waals surface area contributed by atoms with Crippen molar-refractivity contribution >= 4 is 29.1 Å². The second-order valence-corrected chi connectivity index (χ2v) is 8.93. The molecule has 1 amide bonds. The first-order valence-electron chi connectivity index (χ1n) is 11.0. The number of nitrogens with zero attached hydrogens (tertiary/aromatic N) is 3. The number of rotatable bonds is 7. The zero-order valence-electron chi connectivity index (χ0n) is 18.7. The van der Waals surface area contributed by atoms with Crippen molar-refractivity contribution in [2.24, 2.45) is 5.92 Å². The maximum atomic E-state index is 13.4. The number of halogens is 2. The Hall–Kier alpha value is -3.19. The lowest BCUT2D eigenvalue weighted by Crippen LogP contribution is -2.29. The van der Waals surface area contributed by atoms with Crippen molar-refractivity contribution in [2.45, 2.75) is 31.8 Å². The molecule has 3 aromatic rings. The molecule has 2 atom stereocenters. The van der Waals surface area contributed by atoms with Gasteiger partial charge in [0.25, 0.3) is 0 Å². The van der Waals surface area contributed by atoms with Gasteiger partial charge < -0.3 is 15.5 Å². The number of pyridine rings is 2. The first-order chi connectivity index (χ1) is 15.9. The van der Waals surface area contributed by atoms with Crippen LogP contribution in [0.1, 0.15) is 24.8 Å². The van der Waals surface area contributed by atoms with Crippen LogP contribution in [-0.2, 0) is 11.3 Å². The van der Waals surface area contributed by atoms with Crippen molar-refractivity contribution in [2.75, 3.05) is 24.7 Å². The van der Waals surface area contributed by atoms with Crippen LogP contribution in [-0.4, -0.2) is 40.9 Å². The van der Waals surface area contributed by atoms with E-state index in [1.165, 1.54) is 12.1 Å². The van der Waals surface area contributed by atoms with E-state index in [4.69, 9.17) is 11.6 Å². The van der Waals surface area contributed by atoms with Crippen molar-refractivity contribution in [1.29, 1.82) is 0 Å². The number of hydrogen-bond donors (Lipinski definition) is 2. The number of hydrogen-bond acceptors (Lipinski definition) is 5. The lowest BCUT2D eigenvalue weighted by atomic mass is 10.1. The minimum Gasteiger partial charge on any atom is -0.367 e. The molecule has 2 heterocycles. The third-order valence-electron chi connectivity index (χ3n) is 5.82. The summed E-state index contributed by atoms with van der Waals surface area (Å²) in [6, 6.07) is 14.2. The van der Waals surface area contributed by atoms with E-state index >= 15 is 0 Å². The number of carbonyl (C=O) groups excluding carboxylic acids is 1. The third kappa shape index (κ3) is 5.79. The van der Waals surface area contributed by atoms with Gasteiger partial charge in [-0.2, -0.15) is 0 Å². The van der Waals surface area contributed by atoms with Crippen LogP contribution >= 0.6 is 11.6 Å². The molecule has 0 radical (unpaired) electrons. The van der Waals surface area contributed by atoms with E-state index in [9.17, 15) is 9.18 Å². The van der Waals surface area contributed by atoms with Crippen LogP contribution in [0.2, 0.25) is 5.02 Å². The van der Waals surface area contributed by atoms with Crippen LogP contribution in [0.4, 0.5) is 16.0 Å². The summed E-state index contributed by atoms with van der Waals surface area (Å²) in [4.78, 5) is 23.0. The van der Waals surface area contributed by atoms with E-state index in [2.05, 4.69) is 20.6 Å². The fourth-order valence-corrected chi connectivity index (χ4v) is 4.35. The fourth-order valence-electron chi connectivity index (χ4n) is 4.15. The minimum atomic E-state index is -0.265. The minimum absolute atomic E-state index is 0.0479. The molecule has 2 aromatic heterocycles. The highest BCUT2D eigenvalue weighted by molar-refractivity contribution is 6.33. The van der Waals surface area contributed by atoms with Crippen LogP contribution in [0, 0.1) is 11.7 Å². The zero-order valence-corrected chi connectivity index (χ0v) is 19.4. The monoisotopic (exact) mass is 467 g/mol. The van der Waals surface area contributed by atoms with Crippen LogP contribution in [0.15, 0.2) is 54.7 Å². The van der Waals surface area contributed by atoms with Gasteiger partial charge in [0.15, 0.2) is 0 Å². The largest absolute Gasteiger partial charge is 0.367 e. The second-order valence-electron chi connectivity index (χ2n) is 8.52. The van der Waals surface area contributed by atoms with Crippen molar-refractivity contribution in [3.05, 3.63) is 71.1 Å². The number of nitrogens with one attached hydrogen (secondary N) is 2. The van der Waals surface area contributed by atoms with Gasteiger partial charge in [0.1, 0.15) is 17.5 Å². The summed E-state index contributed by atoms with van der Waals surface area (Å²) in [6.45, 7) is 0.458. The molecule has 4 rings (SSSR count). The number of benzene rings is 1. The number of amides is 1. The second kappa shape index (κ2) is 10.2. The maximum Gasteiger partial charge on any atom is 0.225 e. The molecule has 1 fully saturated rings. The summed E-state index contributed by atoms with van der Waals surface area (Å²) in [7, 11) is 3.59. The highest BCUT2D eigenvalue weighted by atomic mass is 35.5. The first-order valence-corrected chi connectivity index (χ1v) is 11.4. The van der Waals surface area contributed by atoms with Gasteiger partial charge in [-0.05, 0) is 55.2 Å². The lowest BCUT2D eigenvalue weighted by Gasteiger charge is -2.17. The standard InChI is InChI=1S/C25H27ClFN5O/c1-32(2)25(33)17-9-10-19(12-17)30-24-13-20(21(26)15-29-24)22-7-4-8-23(31-22)28-14-16-5-3-6-18(27)11-16/h3-8,11,13,15,17,19H,9-10,12,14H2,1-2H3,(H,28,31)(H,29,30)/t17-,19+/m0/s1. The van der Waals surface area contributed by atoms with Gasteiger partial charge in [-0.25, -0.2) is 14.4 Å². The summed E-state index contributed by atoms with van der Waals surface area (Å²) in [5.74, 6) is 1.33. The third-order valence-corrected chi connectivity index (χ3v) is 6.12. The van der Waals surface area contributed by atoms with Gasteiger partial charge in [-0.15, -0.1) is 0 Å². The topological polar surface area (TPSA) is 70.2 Å². The van der Waals surface area contributed by atoms with Gasteiger partial charge >= 0.3 is 0 Å². The Balaban J connectivity index is 1.45. The zero-order chi connectivity index (χ0) is 23.4. The van der Waals surface area contributed by atoms with Gasteiger partial charge in [0.2, 0.25) is 5.91 Å². The van der Waals surface area contributed by atoms with Crippen LogP contribution < -0.4 is 10.6 Å². The normalized spacial score (nSPS) is 17.6. The summed E-state index contributed by atoms with van der Waals surface area (Å²) in [6.07, 6.45) is 4.19.